The Morgan fingerprint density at radius 3 is 2.56 bits per heavy atom. The zero-order chi connectivity index (χ0) is 27.5. The standard InChI is InChI=1S/C28H34N8O3/c1-16-23(35(5)33-31-16)18-13-20-22(30-14-18)25-26(27(28(2,3)37)32-34(25)4)36(20)24(17-8-11-39-12-9-17)19-15-29-10-7-21(19)38-6/h7,10,13-15,17,24,37H,8-9,11-12H2,1-6H3. The third kappa shape index (κ3) is 4.07. The Morgan fingerprint density at radius 2 is 1.90 bits per heavy atom. The van der Waals surface area contributed by atoms with E-state index >= 15 is 0 Å². The van der Waals surface area contributed by atoms with E-state index in [9.17, 15) is 5.11 Å². The van der Waals surface area contributed by atoms with Crippen molar-refractivity contribution in [2.75, 3.05) is 20.3 Å². The SMILES string of the molecule is COc1ccncc1C(C1CCOCC1)n1c2cc(-c3c(C)nnn3C)cnc2c2c1c(C(C)(C)O)nn2C. The van der Waals surface area contributed by atoms with E-state index in [0.717, 1.165) is 63.2 Å². The third-order valence-electron chi connectivity index (χ3n) is 7.80. The predicted octanol–water partition coefficient (Wildman–Crippen LogP) is 3.67. The molecule has 0 radical (unpaired) electrons. The number of aryl methyl sites for hydroxylation is 3. The molecule has 11 heteroatoms. The molecule has 0 spiro atoms. The molecule has 1 aliphatic rings. The van der Waals surface area contributed by atoms with Crippen LogP contribution in [0.2, 0.25) is 0 Å². The van der Waals surface area contributed by atoms with Crippen molar-refractivity contribution in [3.63, 3.8) is 0 Å². The summed E-state index contributed by atoms with van der Waals surface area (Å²) in [6.07, 6.45) is 7.25. The van der Waals surface area contributed by atoms with Crippen molar-refractivity contribution in [3.8, 4) is 17.0 Å². The smallest absolute Gasteiger partial charge is 0.127 e. The van der Waals surface area contributed by atoms with Gasteiger partial charge < -0.3 is 19.1 Å². The first-order valence-electron chi connectivity index (χ1n) is 13.2. The summed E-state index contributed by atoms with van der Waals surface area (Å²) in [6, 6.07) is 3.89. The van der Waals surface area contributed by atoms with Crippen LogP contribution >= 0.6 is 0 Å². The summed E-state index contributed by atoms with van der Waals surface area (Å²) in [6.45, 7) is 6.86. The number of aromatic nitrogens is 8. The Balaban J connectivity index is 1.75. The van der Waals surface area contributed by atoms with E-state index < -0.39 is 5.60 Å². The van der Waals surface area contributed by atoms with E-state index in [0.29, 0.717) is 18.9 Å². The molecule has 5 aromatic rings. The summed E-state index contributed by atoms with van der Waals surface area (Å²) >= 11 is 0. The second kappa shape index (κ2) is 9.42. The Morgan fingerprint density at radius 1 is 1.13 bits per heavy atom. The van der Waals surface area contributed by atoms with E-state index in [1.807, 2.05) is 44.2 Å². The minimum absolute atomic E-state index is 0.161. The summed E-state index contributed by atoms with van der Waals surface area (Å²) in [5.41, 5.74) is 6.50. The average molecular weight is 531 g/mol. The van der Waals surface area contributed by atoms with Gasteiger partial charge in [-0.05, 0) is 51.7 Å². The molecular formula is C28H34N8O3. The molecule has 1 atom stereocenters. The lowest BCUT2D eigenvalue weighted by Crippen LogP contribution is -2.28. The minimum Gasteiger partial charge on any atom is -0.496 e. The Hall–Kier alpha value is -3.83. The number of hydrogen-bond donors (Lipinski definition) is 1. The van der Waals surface area contributed by atoms with Crippen LogP contribution in [0, 0.1) is 12.8 Å². The monoisotopic (exact) mass is 530 g/mol. The van der Waals surface area contributed by atoms with E-state index in [4.69, 9.17) is 19.6 Å². The summed E-state index contributed by atoms with van der Waals surface area (Å²) in [5, 5.41) is 24.6. The molecule has 11 nitrogen and oxygen atoms in total. The zero-order valence-corrected chi connectivity index (χ0v) is 23.2. The van der Waals surface area contributed by atoms with Gasteiger partial charge in [0.25, 0.3) is 0 Å². The number of nitrogens with zero attached hydrogens (tertiary/aromatic N) is 8. The molecular weight excluding hydrogens is 496 g/mol. The van der Waals surface area contributed by atoms with Crippen LogP contribution in [0.5, 0.6) is 5.75 Å². The minimum atomic E-state index is -1.18. The molecule has 1 unspecified atom stereocenters. The molecule has 6 heterocycles. The molecule has 0 bridgehead atoms. The molecule has 0 aliphatic carbocycles. The van der Waals surface area contributed by atoms with Gasteiger partial charge in [-0.15, -0.1) is 5.10 Å². The van der Waals surface area contributed by atoms with Crippen molar-refractivity contribution < 1.29 is 14.6 Å². The highest BCUT2D eigenvalue weighted by atomic mass is 16.5. The van der Waals surface area contributed by atoms with Crippen molar-refractivity contribution >= 4 is 22.1 Å². The van der Waals surface area contributed by atoms with Gasteiger partial charge in [0.15, 0.2) is 0 Å². The number of pyridine rings is 2. The Labute approximate surface area is 226 Å². The van der Waals surface area contributed by atoms with Gasteiger partial charge in [0.05, 0.1) is 35.6 Å². The van der Waals surface area contributed by atoms with Crippen LogP contribution in [0.4, 0.5) is 0 Å². The van der Waals surface area contributed by atoms with Crippen molar-refractivity contribution in [3.05, 3.63) is 47.7 Å². The molecule has 1 fully saturated rings. The molecule has 6 rings (SSSR count). The van der Waals surface area contributed by atoms with Crippen LogP contribution < -0.4 is 4.74 Å². The molecule has 5 aromatic heterocycles. The molecule has 1 aliphatic heterocycles. The molecule has 1 saturated heterocycles. The topological polar surface area (TPSA) is 118 Å². The van der Waals surface area contributed by atoms with Crippen LogP contribution in [0.3, 0.4) is 0 Å². The lowest BCUT2D eigenvalue weighted by atomic mass is 9.86. The number of ether oxygens (including phenoxy) is 2. The van der Waals surface area contributed by atoms with Gasteiger partial charge in [-0.2, -0.15) is 5.10 Å². The van der Waals surface area contributed by atoms with E-state index in [1.54, 1.807) is 31.8 Å². The van der Waals surface area contributed by atoms with Gasteiger partial charge in [-0.25, -0.2) is 4.68 Å². The molecule has 204 valence electrons. The third-order valence-corrected chi connectivity index (χ3v) is 7.80. The van der Waals surface area contributed by atoms with Gasteiger partial charge >= 0.3 is 0 Å². The fourth-order valence-corrected chi connectivity index (χ4v) is 6.07. The van der Waals surface area contributed by atoms with E-state index in [1.165, 1.54) is 0 Å². The summed E-state index contributed by atoms with van der Waals surface area (Å²) in [4.78, 5) is 9.49. The highest BCUT2D eigenvalue weighted by molar-refractivity contribution is 6.06. The van der Waals surface area contributed by atoms with Crippen LogP contribution in [0.25, 0.3) is 33.3 Å². The fourth-order valence-electron chi connectivity index (χ4n) is 6.07. The number of hydrogen-bond acceptors (Lipinski definition) is 8. The lowest BCUT2D eigenvalue weighted by Gasteiger charge is -2.33. The number of fused-ring (bicyclic) bond motifs is 3. The van der Waals surface area contributed by atoms with Crippen LogP contribution in [-0.2, 0) is 24.4 Å². The first-order valence-corrected chi connectivity index (χ1v) is 13.2. The highest BCUT2D eigenvalue weighted by Gasteiger charge is 2.36. The van der Waals surface area contributed by atoms with Crippen molar-refractivity contribution in [2.24, 2.45) is 20.0 Å². The highest BCUT2D eigenvalue weighted by Crippen LogP contribution is 2.45. The number of rotatable bonds is 6. The quantitative estimate of drug-likeness (QED) is 0.353. The first kappa shape index (κ1) is 25.4. The maximum atomic E-state index is 11.3. The zero-order valence-electron chi connectivity index (χ0n) is 23.2. The number of aliphatic hydroxyl groups is 1. The summed E-state index contributed by atoms with van der Waals surface area (Å²) < 4.78 is 17.5. The summed E-state index contributed by atoms with van der Waals surface area (Å²) in [5.74, 6) is 0.996. The Kier molecular flexibility index (Phi) is 6.15. The average Bonchev–Trinajstić information content (AvgIpc) is 3.56. The molecule has 0 amide bonds. The van der Waals surface area contributed by atoms with Gasteiger partial charge in [-0.3, -0.25) is 14.6 Å². The normalized spacial score (nSPS) is 15.9. The van der Waals surface area contributed by atoms with Crippen molar-refractivity contribution in [2.45, 2.75) is 45.3 Å². The maximum absolute atomic E-state index is 11.3. The Bertz CT molecular complexity index is 1650. The largest absolute Gasteiger partial charge is 0.496 e. The van der Waals surface area contributed by atoms with Crippen LogP contribution in [0.15, 0.2) is 30.7 Å². The number of methoxy groups -OCH3 is 1. The summed E-state index contributed by atoms with van der Waals surface area (Å²) in [7, 11) is 5.48. The van der Waals surface area contributed by atoms with Gasteiger partial charge in [-0.1, -0.05) is 5.21 Å². The van der Waals surface area contributed by atoms with E-state index in [2.05, 4.69) is 25.9 Å². The molecule has 39 heavy (non-hydrogen) atoms. The first-order chi connectivity index (χ1) is 18.7. The molecule has 0 saturated carbocycles. The van der Waals surface area contributed by atoms with Gasteiger partial charge in [0.2, 0.25) is 0 Å². The lowest BCUT2D eigenvalue weighted by molar-refractivity contribution is 0.0544. The van der Waals surface area contributed by atoms with E-state index in [-0.39, 0.29) is 12.0 Å². The van der Waals surface area contributed by atoms with Crippen LogP contribution in [0.1, 0.15) is 49.7 Å². The second-order valence-corrected chi connectivity index (χ2v) is 10.8. The van der Waals surface area contributed by atoms with Crippen LogP contribution in [-0.4, -0.2) is 64.7 Å². The van der Waals surface area contributed by atoms with Gasteiger partial charge in [0.1, 0.15) is 28.1 Å². The molecule has 1 N–H and O–H groups in total. The fraction of sp³-hybridized carbons (Fsp3) is 0.464. The second-order valence-electron chi connectivity index (χ2n) is 10.8. The van der Waals surface area contributed by atoms with Crippen molar-refractivity contribution in [1.82, 2.24) is 39.3 Å². The maximum Gasteiger partial charge on any atom is 0.127 e. The van der Waals surface area contributed by atoms with Crippen molar-refractivity contribution in [1.29, 1.82) is 0 Å². The molecule has 0 aromatic carbocycles. The predicted molar refractivity (Wildman–Crippen MR) is 146 cm³/mol. The van der Waals surface area contributed by atoms with Gasteiger partial charge in [0, 0.05) is 57.0 Å².